The lowest BCUT2D eigenvalue weighted by Crippen LogP contribution is -2.25. The van der Waals surface area contributed by atoms with Crippen molar-refractivity contribution in [2.45, 2.75) is 27.7 Å². The van der Waals surface area contributed by atoms with Crippen molar-refractivity contribution in [2.24, 2.45) is 0 Å². The van der Waals surface area contributed by atoms with E-state index in [4.69, 9.17) is 11.6 Å². The van der Waals surface area contributed by atoms with Gasteiger partial charge in [-0.05, 0) is 39.3 Å². The van der Waals surface area contributed by atoms with Gasteiger partial charge in [-0.3, -0.25) is 4.57 Å². The Morgan fingerprint density at radius 1 is 1.16 bits per heavy atom. The van der Waals surface area contributed by atoms with Crippen LogP contribution in [0.4, 0.5) is 5.95 Å². The Bertz CT molecular complexity index is 576. The van der Waals surface area contributed by atoms with Gasteiger partial charge in [-0.15, -0.1) is 0 Å². The zero-order valence-corrected chi connectivity index (χ0v) is 12.3. The van der Waals surface area contributed by atoms with Gasteiger partial charge < -0.3 is 4.90 Å². The highest BCUT2D eigenvalue weighted by atomic mass is 35.5. The van der Waals surface area contributed by atoms with E-state index in [2.05, 4.69) is 19.9 Å². The van der Waals surface area contributed by atoms with Gasteiger partial charge in [-0.2, -0.15) is 15.0 Å². The van der Waals surface area contributed by atoms with Crippen LogP contribution < -0.4 is 4.90 Å². The number of rotatable bonds is 4. The minimum atomic E-state index is 0.192. The predicted molar refractivity (Wildman–Crippen MR) is 75.0 cm³/mol. The van der Waals surface area contributed by atoms with E-state index >= 15 is 0 Å². The molecule has 0 spiro atoms. The molecule has 0 aliphatic carbocycles. The highest BCUT2D eigenvalue weighted by Crippen LogP contribution is 2.15. The molecule has 0 saturated heterocycles. The Balaban J connectivity index is 2.50. The average molecular weight is 281 g/mol. The van der Waals surface area contributed by atoms with Crippen molar-refractivity contribution < 1.29 is 0 Å². The van der Waals surface area contributed by atoms with Gasteiger partial charge in [0.1, 0.15) is 6.33 Å². The Morgan fingerprint density at radius 2 is 1.84 bits per heavy atom. The predicted octanol–water partition coefficient (Wildman–Crippen LogP) is 2.17. The zero-order valence-electron chi connectivity index (χ0n) is 11.6. The fourth-order valence-electron chi connectivity index (χ4n) is 1.79. The van der Waals surface area contributed by atoms with Crippen molar-refractivity contribution in [1.29, 1.82) is 0 Å². The largest absolute Gasteiger partial charge is 0.341 e. The SMILES string of the molecule is CCN(CC)c1nc(Cl)nc(-n2cnc(C)c2C)n1. The number of halogens is 1. The quantitative estimate of drug-likeness (QED) is 0.859. The van der Waals surface area contributed by atoms with E-state index in [0.717, 1.165) is 24.5 Å². The van der Waals surface area contributed by atoms with E-state index < -0.39 is 0 Å². The molecule has 2 heterocycles. The van der Waals surface area contributed by atoms with Crippen molar-refractivity contribution in [3.8, 4) is 5.95 Å². The van der Waals surface area contributed by atoms with E-state index in [9.17, 15) is 0 Å². The summed E-state index contributed by atoms with van der Waals surface area (Å²) < 4.78 is 1.82. The molecule has 2 aromatic rings. The summed E-state index contributed by atoms with van der Waals surface area (Å²) in [6.45, 7) is 9.65. The monoisotopic (exact) mass is 280 g/mol. The van der Waals surface area contributed by atoms with Crippen LogP contribution in [0.15, 0.2) is 6.33 Å². The van der Waals surface area contributed by atoms with Crippen LogP contribution in [0.25, 0.3) is 5.95 Å². The van der Waals surface area contributed by atoms with E-state index in [0.29, 0.717) is 11.9 Å². The Morgan fingerprint density at radius 3 is 2.37 bits per heavy atom. The summed E-state index contributed by atoms with van der Waals surface area (Å²) in [6, 6.07) is 0. The molecule has 0 atom stereocenters. The molecule has 0 aromatic carbocycles. The van der Waals surface area contributed by atoms with Gasteiger partial charge in [-0.25, -0.2) is 4.98 Å². The fraction of sp³-hybridized carbons (Fsp3) is 0.500. The summed E-state index contributed by atoms with van der Waals surface area (Å²) >= 11 is 5.99. The first kappa shape index (κ1) is 13.7. The van der Waals surface area contributed by atoms with Crippen LogP contribution in [-0.2, 0) is 0 Å². The number of hydrogen-bond donors (Lipinski definition) is 0. The second-order valence-electron chi connectivity index (χ2n) is 4.16. The smallest absolute Gasteiger partial charge is 0.241 e. The molecule has 2 rings (SSSR count). The van der Waals surface area contributed by atoms with Gasteiger partial charge in [0.25, 0.3) is 0 Å². The van der Waals surface area contributed by atoms with E-state index in [1.54, 1.807) is 6.33 Å². The third-order valence-electron chi connectivity index (χ3n) is 3.10. The van der Waals surface area contributed by atoms with Gasteiger partial charge in [0, 0.05) is 18.8 Å². The van der Waals surface area contributed by atoms with Gasteiger partial charge >= 0.3 is 0 Å². The maximum Gasteiger partial charge on any atom is 0.241 e. The molecule has 102 valence electrons. The van der Waals surface area contributed by atoms with Crippen LogP contribution in [0.3, 0.4) is 0 Å². The third kappa shape index (κ3) is 2.68. The standard InChI is InChI=1S/C12H17ClN6/c1-5-18(6-2)11-15-10(13)16-12(17-11)19-7-14-8(3)9(19)4/h7H,5-6H2,1-4H3. The van der Waals surface area contributed by atoms with E-state index in [1.807, 2.05) is 37.2 Å². The molecular weight excluding hydrogens is 264 g/mol. The van der Waals surface area contributed by atoms with Crippen molar-refractivity contribution in [2.75, 3.05) is 18.0 Å². The summed E-state index contributed by atoms with van der Waals surface area (Å²) in [5.41, 5.74) is 1.94. The van der Waals surface area contributed by atoms with Crippen LogP contribution in [0.2, 0.25) is 5.28 Å². The van der Waals surface area contributed by atoms with Gasteiger partial charge in [0.2, 0.25) is 17.2 Å². The van der Waals surface area contributed by atoms with E-state index in [-0.39, 0.29) is 5.28 Å². The van der Waals surface area contributed by atoms with Crippen LogP contribution in [0, 0.1) is 13.8 Å². The van der Waals surface area contributed by atoms with Gasteiger partial charge in [0.15, 0.2) is 0 Å². The number of aromatic nitrogens is 5. The molecule has 6 nitrogen and oxygen atoms in total. The van der Waals surface area contributed by atoms with Crippen molar-refractivity contribution in [1.82, 2.24) is 24.5 Å². The summed E-state index contributed by atoms with van der Waals surface area (Å²) in [6.07, 6.45) is 1.70. The second-order valence-corrected chi connectivity index (χ2v) is 4.50. The summed E-state index contributed by atoms with van der Waals surface area (Å²) in [4.78, 5) is 19.1. The number of imidazole rings is 1. The number of nitrogens with zero attached hydrogens (tertiary/aromatic N) is 6. The molecule has 19 heavy (non-hydrogen) atoms. The molecule has 0 bridgehead atoms. The first-order valence-electron chi connectivity index (χ1n) is 6.24. The first-order valence-corrected chi connectivity index (χ1v) is 6.62. The second kappa shape index (κ2) is 5.52. The lowest BCUT2D eigenvalue weighted by molar-refractivity contribution is 0.788. The fourth-order valence-corrected chi connectivity index (χ4v) is 1.94. The lowest BCUT2D eigenvalue weighted by Gasteiger charge is -2.18. The minimum Gasteiger partial charge on any atom is -0.341 e. The first-order chi connectivity index (χ1) is 9.06. The number of anilines is 1. The molecule has 0 aliphatic rings. The van der Waals surface area contributed by atoms with Crippen LogP contribution in [-0.4, -0.2) is 37.6 Å². The van der Waals surface area contributed by atoms with Crippen molar-refractivity contribution >= 4 is 17.5 Å². The molecule has 7 heteroatoms. The third-order valence-corrected chi connectivity index (χ3v) is 3.27. The molecule has 0 unspecified atom stereocenters. The highest BCUT2D eigenvalue weighted by Gasteiger charge is 2.13. The van der Waals surface area contributed by atoms with E-state index in [1.165, 1.54) is 0 Å². The Kier molecular flexibility index (Phi) is 3.99. The summed E-state index contributed by atoms with van der Waals surface area (Å²) in [5, 5.41) is 0.192. The summed E-state index contributed by atoms with van der Waals surface area (Å²) in [5.74, 6) is 1.09. The molecule has 0 radical (unpaired) electrons. The maximum atomic E-state index is 5.99. The zero-order chi connectivity index (χ0) is 14.0. The van der Waals surface area contributed by atoms with Gasteiger partial charge in [0.05, 0.1) is 5.69 Å². The summed E-state index contributed by atoms with van der Waals surface area (Å²) in [7, 11) is 0. The molecule has 2 aromatic heterocycles. The molecule has 0 amide bonds. The number of hydrogen-bond acceptors (Lipinski definition) is 5. The average Bonchev–Trinajstić information content (AvgIpc) is 2.71. The van der Waals surface area contributed by atoms with Gasteiger partial charge in [-0.1, -0.05) is 0 Å². The highest BCUT2D eigenvalue weighted by molar-refractivity contribution is 6.28. The molecule has 0 fully saturated rings. The molecule has 0 saturated carbocycles. The van der Waals surface area contributed by atoms with Crippen LogP contribution in [0.1, 0.15) is 25.2 Å². The van der Waals surface area contributed by atoms with Crippen LogP contribution >= 0.6 is 11.6 Å². The Hall–Kier alpha value is -1.69. The topological polar surface area (TPSA) is 59.7 Å². The normalized spacial score (nSPS) is 10.8. The number of aryl methyl sites for hydroxylation is 1. The lowest BCUT2D eigenvalue weighted by atomic mass is 10.4. The molecular formula is C12H17ClN6. The maximum absolute atomic E-state index is 5.99. The van der Waals surface area contributed by atoms with Crippen molar-refractivity contribution in [3.63, 3.8) is 0 Å². The molecule has 0 aliphatic heterocycles. The minimum absolute atomic E-state index is 0.192. The molecule has 0 N–H and O–H groups in total. The van der Waals surface area contributed by atoms with Crippen molar-refractivity contribution in [3.05, 3.63) is 23.0 Å². The Labute approximate surface area is 117 Å². The van der Waals surface area contributed by atoms with Crippen LogP contribution in [0.5, 0.6) is 0 Å².